The molecule has 138 valence electrons. The maximum absolute atomic E-state index is 12.4. The summed E-state index contributed by atoms with van der Waals surface area (Å²) < 4.78 is 0. The second-order valence-electron chi connectivity index (χ2n) is 6.79. The average Bonchev–Trinajstić information content (AvgIpc) is 2.95. The molecule has 1 saturated heterocycles. The van der Waals surface area contributed by atoms with Crippen molar-refractivity contribution in [3.8, 4) is 11.1 Å². The average molecular weight is 354 g/mol. The number of nitrogens with one attached hydrogen (secondary N) is 1. The van der Waals surface area contributed by atoms with Gasteiger partial charge in [-0.05, 0) is 43.6 Å². The molecule has 1 atom stereocenters. The van der Waals surface area contributed by atoms with Crippen molar-refractivity contribution in [2.75, 3.05) is 26.2 Å². The molecular formula is C20H26N4O2. The van der Waals surface area contributed by atoms with Crippen LogP contribution in [0.25, 0.3) is 11.1 Å². The number of hydrogen-bond donors (Lipinski definition) is 2. The highest BCUT2D eigenvalue weighted by molar-refractivity contribution is 5.95. The van der Waals surface area contributed by atoms with Crippen LogP contribution in [0.3, 0.4) is 0 Å². The van der Waals surface area contributed by atoms with Gasteiger partial charge in [-0.1, -0.05) is 25.0 Å². The van der Waals surface area contributed by atoms with Crippen LogP contribution in [0.15, 0.2) is 43.0 Å². The number of aromatic nitrogens is 2. The summed E-state index contributed by atoms with van der Waals surface area (Å²) in [5, 5.41) is 13.1. The first-order valence-corrected chi connectivity index (χ1v) is 9.26. The van der Waals surface area contributed by atoms with E-state index in [1.807, 2.05) is 18.2 Å². The predicted octanol–water partition coefficient (Wildman–Crippen LogP) is 2.11. The van der Waals surface area contributed by atoms with Gasteiger partial charge in [-0.3, -0.25) is 4.79 Å². The summed E-state index contributed by atoms with van der Waals surface area (Å²) >= 11 is 0. The fourth-order valence-corrected chi connectivity index (χ4v) is 3.28. The Morgan fingerprint density at radius 2 is 1.85 bits per heavy atom. The van der Waals surface area contributed by atoms with Gasteiger partial charge in [0.05, 0.1) is 6.10 Å². The Morgan fingerprint density at radius 1 is 1.12 bits per heavy atom. The molecule has 0 aliphatic carbocycles. The molecule has 2 heterocycles. The number of likely N-dealkylation sites (tertiary alicyclic amines) is 1. The number of benzene rings is 1. The molecule has 26 heavy (non-hydrogen) atoms. The maximum Gasteiger partial charge on any atom is 0.251 e. The molecule has 1 aromatic carbocycles. The first-order chi connectivity index (χ1) is 12.7. The lowest BCUT2D eigenvalue weighted by atomic mass is 10.1. The number of carbonyl (C=O) groups excluding carboxylic acids is 1. The minimum Gasteiger partial charge on any atom is -0.390 e. The van der Waals surface area contributed by atoms with Crippen LogP contribution in [0.5, 0.6) is 0 Å². The summed E-state index contributed by atoms with van der Waals surface area (Å²) in [5.74, 6) is -0.182. The van der Waals surface area contributed by atoms with E-state index in [4.69, 9.17) is 0 Å². The molecule has 1 aliphatic rings. The summed E-state index contributed by atoms with van der Waals surface area (Å²) in [6.45, 7) is 2.94. The lowest BCUT2D eigenvalue weighted by Gasteiger charge is -2.23. The van der Waals surface area contributed by atoms with E-state index in [1.54, 1.807) is 18.5 Å². The van der Waals surface area contributed by atoms with Crippen molar-refractivity contribution < 1.29 is 9.90 Å². The van der Waals surface area contributed by atoms with Gasteiger partial charge < -0.3 is 15.3 Å². The van der Waals surface area contributed by atoms with Gasteiger partial charge in [-0.2, -0.15) is 0 Å². The number of aliphatic hydroxyl groups is 1. The number of nitrogens with zero attached hydrogens (tertiary/aromatic N) is 3. The van der Waals surface area contributed by atoms with Crippen LogP contribution in [0.1, 0.15) is 36.0 Å². The van der Waals surface area contributed by atoms with E-state index >= 15 is 0 Å². The third-order valence-corrected chi connectivity index (χ3v) is 4.68. The Hall–Kier alpha value is -2.31. The molecule has 6 nitrogen and oxygen atoms in total. The van der Waals surface area contributed by atoms with Gasteiger partial charge >= 0.3 is 0 Å². The molecule has 2 N–H and O–H groups in total. The second-order valence-corrected chi connectivity index (χ2v) is 6.79. The number of carbonyl (C=O) groups is 1. The van der Waals surface area contributed by atoms with Crippen LogP contribution < -0.4 is 5.32 Å². The lowest BCUT2D eigenvalue weighted by molar-refractivity contribution is 0.0862. The number of aliphatic hydroxyl groups excluding tert-OH is 1. The molecule has 1 aliphatic heterocycles. The first-order valence-electron chi connectivity index (χ1n) is 9.26. The van der Waals surface area contributed by atoms with E-state index in [9.17, 15) is 9.90 Å². The molecule has 1 fully saturated rings. The summed E-state index contributed by atoms with van der Waals surface area (Å²) in [7, 11) is 0. The Morgan fingerprint density at radius 3 is 2.58 bits per heavy atom. The summed E-state index contributed by atoms with van der Waals surface area (Å²) in [6, 6.07) is 7.34. The minimum absolute atomic E-state index is 0.182. The van der Waals surface area contributed by atoms with Gasteiger partial charge in [0.25, 0.3) is 5.91 Å². The third-order valence-electron chi connectivity index (χ3n) is 4.68. The Balaban J connectivity index is 1.53. The van der Waals surface area contributed by atoms with Crippen molar-refractivity contribution in [1.29, 1.82) is 0 Å². The van der Waals surface area contributed by atoms with Gasteiger partial charge in [0.1, 0.15) is 6.33 Å². The highest BCUT2D eigenvalue weighted by atomic mass is 16.3. The van der Waals surface area contributed by atoms with Crippen LogP contribution >= 0.6 is 0 Å². The van der Waals surface area contributed by atoms with Gasteiger partial charge in [0.2, 0.25) is 0 Å². The van der Waals surface area contributed by atoms with E-state index in [0.29, 0.717) is 12.1 Å². The van der Waals surface area contributed by atoms with E-state index in [-0.39, 0.29) is 12.5 Å². The quantitative estimate of drug-likeness (QED) is 0.831. The fraction of sp³-hybridized carbons (Fsp3) is 0.450. The molecule has 0 radical (unpaired) electrons. The molecule has 0 saturated carbocycles. The molecule has 1 aromatic heterocycles. The van der Waals surface area contributed by atoms with Crippen LogP contribution in [0, 0.1) is 0 Å². The number of hydrogen-bond acceptors (Lipinski definition) is 5. The molecule has 2 aromatic rings. The van der Waals surface area contributed by atoms with Gasteiger partial charge in [-0.15, -0.1) is 0 Å². The highest BCUT2D eigenvalue weighted by Gasteiger charge is 2.15. The smallest absolute Gasteiger partial charge is 0.251 e. The summed E-state index contributed by atoms with van der Waals surface area (Å²) in [4.78, 5) is 22.7. The van der Waals surface area contributed by atoms with E-state index in [0.717, 1.165) is 24.2 Å². The van der Waals surface area contributed by atoms with Gasteiger partial charge in [-0.25, -0.2) is 9.97 Å². The zero-order chi connectivity index (χ0) is 18.2. The molecule has 3 rings (SSSR count). The van der Waals surface area contributed by atoms with Crippen LogP contribution in [-0.2, 0) is 0 Å². The number of β-amino-alcohol motifs (C(OH)–C–C–N with tert-alkyl or cyclic N) is 1. The van der Waals surface area contributed by atoms with E-state index in [2.05, 4.69) is 20.2 Å². The molecule has 0 unspecified atom stereocenters. The normalized spacial score (nSPS) is 16.7. The Kier molecular flexibility index (Phi) is 6.68. The third kappa shape index (κ3) is 5.34. The van der Waals surface area contributed by atoms with Crippen LogP contribution in [-0.4, -0.2) is 58.2 Å². The predicted molar refractivity (Wildman–Crippen MR) is 101 cm³/mol. The van der Waals surface area contributed by atoms with Crippen LogP contribution in [0.2, 0.25) is 0 Å². The topological polar surface area (TPSA) is 78.4 Å². The monoisotopic (exact) mass is 354 g/mol. The Bertz CT molecular complexity index is 700. The molecule has 0 bridgehead atoms. The van der Waals surface area contributed by atoms with E-state index in [1.165, 1.54) is 32.0 Å². The Labute approximate surface area is 154 Å². The lowest BCUT2D eigenvalue weighted by Crippen LogP contribution is -2.40. The minimum atomic E-state index is -0.553. The maximum atomic E-state index is 12.4. The molecule has 0 spiro atoms. The highest BCUT2D eigenvalue weighted by Crippen LogP contribution is 2.18. The largest absolute Gasteiger partial charge is 0.390 e. The fourth-order valence-electron chi connectivity index (χ4n) is 3.28. The van der Waals surface area contributed by atoms with Gasteiger partial charge in [0.15, 0.2) is 0 Å². The molecular weight excluding hydrogens is 328 g/mol. The van der Waals surface area contributed by atoms with Crippen LogP contribution in [0.4, 0.5) is 0 Å². The second kappa shape index (κ2) is 9.40. The number of amides is 1. The zero-order valence-electron chi connectivity index (χ0n) is 15.0. The van der Waals surface area contributed by atoms with Crippen molar-refractivity contribution in [3.05, 3.63) is 48.5 Å². The number of rotatable bonds is 6. The first kappa shape index (κ1) is 18.5. The van der Waals surface area contributed by atoms with E-state index < -0.39 is 6.10 Å². The van der Waals surface area contributed by atoms with Crippen molar-refractivity contribution in [3.63, 3.8) is 0 Å². The standard InChI is InChI=1S/C20H26N4O2/c25-19(14-24-8-3-1-2-4-9-24)13-23-20(26)17-7-5-6-16(10-17)18-11-21-15-22-12-18/h5-7,10-12,15,19,25H,1-4,8-9,13-14H2,(H,23,26)/t19-/m0/s1. The van der Waals surface area contributed by atoms with Crippen molar-refractivity contribution in [2.24, 2.45) is 0 Å². The van der Waals surface area contributed by atoms with Crippen molar-refractivity contribution in [2.45, 2.75) is 31.8 Å². The molecule has 1 amide bonds. The van der Waals surface area contributed by atoms with Crippen molar-refractivity contribution in [1.82, 2.24) is 20.2 Å². The summed E-state index contributed by atoms with van der Waals surface area (Å²) in [6.07, 6.45) is 9.28. The van der Waals surface area contributed by atoms with Gasteiger partial charge in [0, 0.05) is 36.6 Å². The molecule has 6 heteroatoms. The van der Waals surface area contributed by atoms with Crippen molar-refractivity contribution >= 4 is 5.91 Å². The summed E-state index contributed by atoms with van der Waals surface area (Å²) in [5.41, 5.74) is 2.32. The SMILES string of the molecule is O=C(NC[C@H](O)CN1CCCCCC1)c1cccc(-c2cncnc2)c1. The zero-order valence-corrected chi connectivity index (χ0v) is 15.0.